The standard InChI is InChI=1S/C20H18FNO3S/c1-2-22(12-13-6-7-16-17(10-13)25-9-8-24-16)20(23)19-11-14-15(21)4-3-5-18(14)26-19/h3-7,10-11H,2,8-9,12H2,1H3. The molecule has 2 aromatic carbocycles. The Hall–Kier alpha value is -2.60. The molecule has 0 atom stereocenters. The van der Waals surface area contributed by atoms with Gasteiger partial charge in [-0.05, 0) is 42.8 Å². The SMILES string of the molecule is CCN(Cc1ccc2c(c1)OCCO2)C(=O)c1cc2c(F)cccc2s1. The lowest BCUT2D eigenvalue weighted by Gasteiger charge is -2.22. The molecule has 1 amide bonds. The van der Waals surface area contributed by atoms with Crippen LogP contribution in [0.4, 0.5) is 4.39 Å². The quantitative estimate of drug-likeness (QED) is 0.679. The fraction of sp³-hybridized carbons (Fsp3) is 0.250. The van der Waals surface area contributed by atoms with Gasteiger partial charge in [0.1, 0.15) is 19.0 Å². The molecular weight excluding hydrogens is 353 g/mol. The van der Waals surface area contributed by atoms with Crippen molar-refractivity contribution in [3.05, 3.63) is 58.7 Å². The molecule has 1 aliphatic heterocycles. The van der Waals surface area contributed by atoms with Gasteiger partial charge in [0, 0.05) is 23.2 Å². The van der Waals surface area contributed by atoms with Gasteiger partial charge in [-0.1, -0.05) is 12.1 Å². The van der Waals surface area contributed by atoms with E-state index >= 15 is 0 Å². The van der Waals surface area contributed by atoms with Crippen molar-refractivity contribution in [3.8, 4) is 11.5 Å². The molecule has 0 N–H and O–H groups in total. The molecule has 6 heteroatoms. The second kappa shape index (κ2) is 6.96. The van der Waals surface area contributed by atoms with E-state index in [0.717, 1.165) is 16.0 Å². The number of rotatable bonds is 4. The zero-order chi connectivity index (χ0) is 18.1. The number of amides is 1. The summed E-state index contributed by atoms with van der Waals surface area (Å²) < 4.78 is 25.8. The fourth-order valence-corrected chi connectivity index (χ4v) is 4.06. The van der Waals surface area contributed by atoms with Crippen LogP contribution in [0, 0.1) is 5.82 Å². The molecule has 0 fully saturated rings. The number of carbonyl (C=O) groups excluding carboxylic acids is 1. The highest BCUT2D eigenvalue weighted by atomic mass is 32.1. The van der Waals surface area contributed by atoms with Gasteiger partial charge in [0.15, 0.2) is 11.5 Å². The van der Waals surface area contributed by atoms with Crippen molar-refractivity contribution in [1.29, 1.82) is 0 Å². The van der Waals surface area contributed by atoms with Crippen molar-refractivity contribution in [3.63, 3.8) is 0 Å². The van der Waals surface area contributed by atoms with Gasteiger partial charge in [-0.25, -0.2) is 4.39 Å². The van der Waals surface area contributed by atoms with Crippen LogP contribution >= 0.6 is 11.3 Å². The van der Waals surface area contributed by atoms with E-state index in [9.17, 15) is 9.18 Å². The minimum Gasteiger partial charge on any atom is -0.486 e. The Morgan fingerprint density at radius 1 is 1.15 bits per heavy atom. The summed E-state index contributed by atoms with van der Waals surface area (Å²) in [6.45, 7) is 4.03. The summed E-state index contributed by atoms with van der Waals surface area (Å²) in [5.74, 6) is 1.05. The summed E-state index contributed by atoms with van der Waals surface area (Å²) in [6.07, 6.45) is 0. The van der Waals surface area contributed by atoms with Gasteiger partial charge in [-0.2, -0.15) is 0 Å². The molecule has 134 valence electrons. The third-order valence-corrected chi connectivity index (χ3v) is 5.46. The van der Waals surface area contributed by atoms with E-state index in [1.165, 1.54) is 17.4 Å². The van der Waals surface area contributed by atoms with E-state index < -0.39 is 0 Å². The summed E-state index contributed by atoms with van der Waals surface area (Å²) >= 11 is 1.32. The highest BCUT2D eigenvalue weighted by Gasteiger charge is 2.19. The summed E-state index contributed by atoms with van der Waals surface area (Å²) in [6, 6.07) is 12.3. The molecule has 4 nitrogen and oxygen atoms in total. The second-order valence-corrected chi connectivity index (χ2v) is 7.14. The van der Waals surface area contributed by atoms with Crippen LogP contribution in [-0.4, -0.2) is 30.6 Å². The molecule has 0 saturated heterocycles. The molecule has 4 rings (SSSR count). The van der Waals surface area contributed by atoms with Gasteiger partial charge in [0.2, 0.25) is 0 Å². The summed E-state index contributed by atoms with van der Waals surface area (Å²) in [7, 11) is 0. The van der Waals surface area contributed by atoms with Crippen molar-refractivity contribution in [1.82, 2.24) is 4.90 Å². The van der Waals surface area contributed by atoms with Crippen LogP contribution in [-0.2, 0) is 6.54 Å². The van der Waals surface area contributed by atoms with Gasteiger partial charge in [0.25, 0.3) is 5.91 Å². The molecule has 1 aromatic heterocycles. The summed E-state index contributed by atoms with van der Waals surface area (Å²) in [4.78, 5) is 15.2. The first-order valence-corrected chi connectivity index (χ1v) is 9.33. The first kappa shape index (κ1) is 16.8. The average Bonchev–Trinajstić information content (AvgIpc) is 3.11. The van der Waals surface area contributed by atoms with Crippen molar-refractivity contribution in [2.75, 3.05) is 19.8 Å². The number of ether oxygens (including phenoxy) is 2. The van der Waals surface area contributed by atoms with Gasteiger partial charge < -0.3 is 14.4 Å². The minimum absolute atomic E-state index is 0.0945. The van der Waals surface area contributed by atoms with Crippen LogP contribution in [0.2, 0.25) is 0 Å². The van der Waals surface area contributed by atoms with E-state index in [4.69, 9.17) is 9.47 Å². The topological polar surface area (TPSA) is 38.8 Å². The molecule has 0 radical (unpaired) electrons. The molecule has 26 heavy (non-hydrogen) atoms. The van der Waals surface area contributed by atoms with E-state index in [2.05, 4.69) is 0 Å². The van der Waals surface area contributed by atoms with Crippen molar-refractivity contribution in [2.24, 2.45) is 0 Å². The second-order valence-electron chi connectivity index (χ2n) is 6.06. The smallest absolute Gasteiger partial charge is 0.264 e. The number of halogens is 1. The first-order chi connectivity index (χ1) is 12.7. The molecule has 0 bridgehead atoms. The molecule has 0 saturated carbocycles. The fourth-order valence-electron chi connectivity index (χ4n) is 3.02. The van der Waals surface area contributed by atoms with E-state index in [0.29, 0.717) is 42.3 Å². The summed E-state index contributed by atoms with van der Waals surface area (Å²) in [5.41, 5.74) is 0.969. The van der Waals surface area contributed by atoms with E-state index in [1.54, 1.807) is 17.0 Å². The number of hydrogen-bond acceptors (Lipinski definition) is 4. The predicted molar refractivity (Wildman–Crippen MR) is 99.6 cm³/mol. The number of nitrogens with zero attached hydrogens (tertiary/aromatic N) is 1. The van der Waals surface area contributed by atoms with Crippen molar-refractivity contribution < 1.29 is 18.7 Å². The zero-order valence-corrected chi connectivity index (χ0v) is 15.1. The Kier molecular flexibility index (Phi) is 4.51. The van der Waals surface area contributed by atoms with Gasteiger partial charge in [0.05, 0.1) is 4.88 Å². The van der Waals surface area contributed by atoms with Crippen molar-refractivity contribution >= 4 is 27.3 Å². The van der Waals surface area contributed by atoms with Crippen LogP contribution < -0.4 is 9.47 Å². The highest BCUT2D eigenvalue weighted by Crippen LogP contribution is 2.32. The molecule has 1 aliphatic rings. The number of fused-ring (bicyclic) bond motifs is 2. The van der Waals surface area contributed by atoms with Crippen LogP contribution in [0.25, 0.3) is 10.1 Å². The maximum absolute atomic E-state index is 13.9. The maximum Gasteiger partial charge on any atom is 0.264 e. The predicted octanol–water partition coefficient (Wildman–Crippen LogP) is 4.47. The number of hydrogen-bond donors (Lipinski definition) is 0. The number of carbonyl (C=O) groups is 1. The third kappa shape index (κ3) is 3.12. The lowest BCUT2D eigenvalue weighted by molar-refractivity contribution is 0.0757. The third-order valence-electron chi connectivity index (χ3n) is 4.37. The van der Waals surface area contributed by atoms with Crippen LogP contribution in [0.5, 0.6) is 11.5 Å². The number of thiophene rings is 1. The minimum atomic E-state index is -0.298. The van der Waals surface area contributed by atoms with Gasteiger partial charge in [-0.15, -0.1) is 11.3 Å². The molecule has 0 spiro atoms. The van der Waals surface area contributed by atoms with Crippen LogP contribution in [0.1, 0.15) is 22.2 Å². The Morgan fingerprint density at radius 3 is 2.73 bits per heavy atom. The van der Waals surface area contributed by atoms with Gasteiger partial charge >= 0.3 is 0 Å². The lowest BCUT2D eigenvalue weighted by atomic mass is 10.1. The normalized spacial score (nSPS) is 13.0. The highest BCUT2D eigenvalue weighted by molar-refractivity contribution is 7.20. The summed E-state index contributed by atoms with van der Waals surface area (Å²) in [5, 5.41) is 0.497. The van der Waals surface area contributed by atoms with Crippen LogP contribution in [0.15, 0.2) is 42.5 Å². The maximum atomic E-state index is 13.9. The van der Waals surface area contributed by atoms with Crippen molar-refractivity contribution in [2.45, 2.75) is 13.5 Å². The zero-order valence-electron chi connectivity index (χ0n) is 14.3. The van der Waals surface area contributed by atoms with E-state index in [-0.39, 0.29) is 11.7 Å². The van der Waals surface area contributed by atoms with Crippen LogP contribution in [0.3, 0.4) is 0 Å². The first-order valence-electron chi connectivity index (χ1n) is 8.51. The Balaban J connectivity index is 1.58. The number of benzene rings is 2. The molecule has 0 aliphatic carbocycles. The lowest BCUT2D eigenvalue weighted by Crippen LogP contribution is -2.29. The van der Waals surface area contributed by atoms with Gasteiger partial charge in [-0.3, -0.25) is 4.79 Å². The molecule has 2 heterocycles. The van der Waals surface area contributed by atoms with E-state index in [1.807, 2.05) is 31.2 Å². The average molecular weight is 371 g/mol. The molecule has 0 unspecified atom stereocenters. The largest absolute Gasteiger partial charge is 0.486 e. The molecular formula is C20H18FNO3S. The molecule has 3 aromatic rings. The Labute approximate surface area is 154 Å². The Bertz CT molecular complexity index is 969. The monoisotopic (exact) mass is 371 g/mol. The Morgan fingerprint density at radius 2 is 1.96 bits per heavy atom.